The summed E-state index contributed by atoms with van der Waals surface area (Å²) in [5.41, 5.74) is 2.05. The van der Waals surface area contributed by atoms with Gasteiger partial charge in [0.1, 0.15) is 0 Å². The minimum atomic E-state index is -0.000346. The lowest BCUT2D eigenvalue weighted by molar-refractivity contribution is 0.143. The van der Waals surface area contributed by atoms with Gasteiger partial charge in [-0.3, -0.25) is 4.90 Å². The van der Waals surface area contributed by atoms with Crippen LogP contribution in [-0.2, 0) is 6.54 Å². The number of anilines is 1. The van der Waals surface area contributed by atoms with E-state index < -0.39 is 0 Å². The van der Waals surface area contributed by atoms with E-state index >= 15 is 0 Å². The largest absolute Gasteiger partial charge is 0.322 e. The molecule has 0 bridgehead atoms. The molecule has 0 unspecified atom stereocenters. The van der Waals surface area contributed by atoms with E-state index in [1.165, 1.54) is 10.4 Å². The van der Waals surface area contributed by atoms with Crippen LogP contribution in [0, 0.1) is 6.92 Å². The number of hydrogen-bond donors (Lipinski definition) is 1. The fourth-order valence-electron chi connectivity index (χ4n) is 2.57. The van der Waals surface area contributed by atoms with Crippen molar-refractivity contribution in [3.05, 3.63) is 52.2 Å². The van der Waals surface area contributed by atoms with Gasteiger partial charge in [0.15, 0.2) is 0 Å². The second-order valence-corrected chi connectivity index (χ2v) is 6.67. The van der Waals surface area contributed by atoms with Crippen molar-refractivity contribution < 1.29 is 4.79 Å². The standard InChI is InChI=1S/C17H21N3OS/c1-14-4-6-15(7-5-14)18-17(21)20-10-8-19(9-11-20)13-16-3-2-12-22-16/h2-7,12H,8-11,13H2,1H3,(H,18,21). The molecule has 116 valence electrons. The van der Waals surface area contributed by atoms with E-state index in [2.05, 4.69) is 27.7 Å². The Kier molecular flexibility index (Phi) is 4.75. The zero-order chi connectivity index (χ0) is 15.4. The molecule has 0 spiro atoms. The second kappa shape index (κ2) is 6.94. The lowest BCUT2D eigenvalue weighted by Gasteiger charge is -2.34. The number of nitrogens with one attached hydrogen (secondary N) is 1. The van der Waals surface area contributed by atoms with Gasteiger partial charge in [-0.1, -0.05) is 23.8 Å². The molecule has 2 amide bonds. The summed E-state index contributed by atoms with van der Waals surface area (Å²) in [4.78, 5) is 18.0. The van der Waals surface area contributed by atoms with Crippen molar-refractivity contribution in [1.82, 2.24) is 9.80 Å². The molecule has 0 saturated carbocycles. The van der Waals surface area contributed by atoms with E-state index in [0.29, 0.717) is 0 Å². The SMILES string of the molecule is Cc1ccc(NC(=O)N2CCN(Cc3cccs3)CC2)cc1. The van der Waals surface area contributed by atoms with E-state index in [9.17, 15) is 4.79 Å². The maximum absolute atomic E-state index is 12.3. The van der Waals surface area contributed by atoms with Crippen LogP contribution in [-0.4, -0.2) is 42.0 Å². The number of amides is 2. The van der Waals surface area contributed by atoms with Crippen LogP contribution >= 0.6 is 11.3 Å². The fraction of sp³-hybridized carbons (Fsp3) is 0.353. The normalized spacial score (nSPS) is 15.8. The summed E-state index contributed by atoms with van der Waals surface area (Å²) < 4.78 is 0. The molecule has 3 rings (SSSR count). The highest BCUT2D eigenvalue weighted by molar-refractivity contribution is 7.09. The molecule has 1 aliphatic rings. The van der Waals surface area contributed by atoms with Crippen LogP contribution in [0.2, 0.25) is 0 Å². The Morgan fingerprint density at radius 1 is 1.14 bits per heavy atom. The summed E-state index contributed by atoms with van der Waals surface area (Å²) >= 11 is 1.79. The molecule has 2 aromatic rings. The van der Waals surface area contributed by atoms with Gasteiger partial charge in [-0.25, -0.2) is 4.79 Å². The first-order chi connectivity index (χ1) is 10.7. The van der Waals surface area contributed by atoms with Crippen LogP contribution in [0.15, 0.2) is 41.8 Å². The van der Waals surface area contributed by atoms with E-state index in [0.717, 1.165) is 38.4 Å². The predicted octanol–water partition coefficient (Wildman–Crippen LogP) is 3.41. The Balaban J connectivity index is 1.48. The topological polar surface area (TPSA) is 35.6 Å². The number of piperazine rings is 1. The molecule has 1 aromatic heterocycles. The molecule has 1 N–H and O–H groups in total. The first-order valence-electron chi connectivity index (χ1n) is 7.58. The lowest BCUT2D eigenvalue weighted by Crippen LogP contribution is -2.49. The summed E-state index contributed by atoms with van der Waals surface area (Å²) in [5.74, 6) is 0. The molecular weight excluding hydrogens is 294 g/mol. The zero-order valence-corrected chi connectivity index (χ0v) is 13.6. The molecule has 5 heteroatoms. The average Bonchev–Trinajstić information content (AvgIpc) is 3.03. The number of thiophene rings is 1. The third-order valence-corrected chi connectivity index (χ3v) is 4.78. The van der Waals surface area contributed by atoms with Crippen molar-refractivity contribution in [1.29, 1.82) is 0 Å². The number of urea groups is 1. The maximum atomic E-state index is 12.3. The summed E-state index contributed by atoms with van der Waals surface area (Å²) in [7, 11) is 0. The van der Waals surface area contributed by atoms with Gasteiger partial charge < -0.3 is 10.2 Å². The monoisotopic (exact) mass is 315 g/mol. The van der Waals surface area contributed by atoms with Crippen LogP contribution in [0.5, 0.6) is 0 Å². The molecule has 22 heavy (non-hydrogen) atoms. The van der Waals surface area contributed by atoms with Gasteiger partial charge in [-0.15, -0.1) is 11.3 Å². The molecule has 0 aliphatic carbocycles. The highest BCUT2D eigenvalue weighted by Gasteiger charge is 2.21. The van der Waals surface area contributed by atoms with E-state index in [-0.39, 0.29) is 6.03 Å². The third kappa shape index (κ3) is 3.87. The van der Waals surface area contributed by atoms with E-state index in [1.54, 1.807) is 11.3 Å². The Labute approximate surface area is 135 Å². The Bertz CT molecular complexity index is 601. The lowest BCUT2D eigenvalue weighted by atomic mass is 10.2. The number of carbonyl (C=O) groups excluding carboxylic acids is 1. The third-order valence-electron chi connectivity index (χ3n) is 3.92. The summed E-state index contributed by atoms with van der Waals surface area (Å²) in [5, 5.41) is 5.08. The number of hydrogen-bond acceptors (Lipinski definition) is 3. The molecular formula is C17H21N3OS. The Morgan fingerprint density at radius 2 is 1.86 bits per heavy atom. The molecule has 2 heterocycles. The number of aryl methyl sites for hydroxylation is 1. The second-order valence-electron chi connectivity index (χ2n) is 5.64. The van der Waals surface area contributed by atoms with Crippen molar-refractivity contribution in [3.63, 3.8) is 0 Å². The quantitative estimate of drug-likeness (QED) is 0.942. The van der Waals surface area contributed by atoms with Gasteiger partial charge in [0.2, 0.25) is 0 Å². The van der Waals surface area contributed by atoms with Crippen molar-refractivity contribution in [3.8, 4) is 0 Å². The van der Waals surface area contributed by atoms with Crippen LogP contribution in [0.25, 0.3) is 0 Å². The summed E-state index contributed by atoms with van der Waals surface area (Å²) in [6.45, 7) is 6.45. The molecule has 4 nitrogen and oxygen atoms in total. The smallest absolute Gasteiger partial charge is 0.321 e. The van der Waals surface area contributed by atoms with Crippen LogP contribution in [0.4, 0.5) is 10.5 Å². The van der Waals surface area contributed by atoms with Gasteiger partial charge in [-0.2, -0.15) is 0 Å². The van der Waals surface area contributed by atoms with Gasteiger partial charge in [0.25, 0.3) is 0 Å². The van der Waals surface area contributed by atoms with Crippen molar-refractivity contribution in [2.45, 2.75) is 13.5 Å². The number of carbonyl (C=O) groups is 1. The average molecular weight is 315 g/mol. The van der Waals surface area contributed by atoms with Gasteiger partial charge in [0, 0.05) is 43.3 Å². The van der Waals surface area contributed by atoms with Crippen molar-refractivity contribution in [2.24, 2.45) is 0 Å². The number of benzene rings is 1. The number of nitrogens with zero attached hydrogens (tertiary/aromatic N) is 2. The van der Waals surface area contributed by atoms with E-state index in [4.69, 9.17) is 0 Å². The van der Waals surface area contributed by atoms with Gasteiger partial charge >= 0.3 is 6.03 Å². The van der Waals surface area contributed by atoms with Gasteiger partial charge in [0.05, 0.1) is 0 Å². The minimum absolute atomic E-state index is 0.000346. The predicted molar refractivity (Wildman–Crippen MR) is 91.4 cm³/mol. The highest BCUT2D eigenvalue weighted by Crippen LogP contribution is 2.14. The maximum Gasteiger partial charge on any atom is 0.321 e. The summed E-state index contributed by atoms with van der Waals surface area (Å²) in [6.07, 6.45) is 0. The Hall–Kier alpha value is -1.85. The van der Waals surface area contributed by atoms with Crippen LogP contribution in [0.1, 0.15) is 10.4 Å². The summed E-state index contributed by atoms with van der Waals surface area (Å²) in [6, 6.07) is 12.2. The number of rotatable bonds is 3. The van der Waals surface area contributed by atoms with Crippen LogP contribution < -0.4 is 5.32 Å². The minimum Gasteiger partial charge on any atom is -0.322 e. The molecule has 1 fully saturated rings. The molecule has 1 aromatic carbocycles. The van der Waals surface area contributed by atoms with Crippen LogP contribution in [0.3, 0.4) is 0 Å². The Morgan fingerprint density at radius 3 is 2.50 bits per heavy atom. The van der Waals surface area contributed by atoms with Crippen molar-refractivity contribution >= 4 is 23.1 Å². The molecule has 1 aliphatic heterocycles. The molecule has 1 saturated heterocycles. The highest BCUT2D eigenvalue weighted by atomic mass is 32.1. The molecule has 0 radical (unpaired) electrons. The van der Waals surface area contributed by atoms with Crippen molar-refractivity contribution in [2.75, 3.05) is 31.5 Å². The first-order valence-corrected chi connectivity index (χ1v) is 8.46. The molecule has 0 atom stereocenters. The van der Waals surface area contributed by atoms with E-state index in [1.807, 2.05) is 36.1 Å². The fourth-order valence-corrected chi connectivity index (χ4v) is 3.32. The van der Waals surface area contributed by atoms with Gasteiger partial charge in [-0.05, 0) is 30.5 Å². The zero-order valence-electron chi connectivity index (χ0n) is 12.8. The first kappa shape index (κ1) is 15.1.